The first kappa shape index (κ1) is 14.2. The normalized spacial score (nSPS) is 10.4. The third-order valence-corrected chi connectivity index (χ3v) is 3.80. The number of carboxylic acids is 1. The van der Waals surface area contributed by atoms with E-state index in [2.05, 4.69) is 20.5 Å². The summed E-state index contributed by atoms with van der Waals surface area (Å²) < 4.78 is 0. The van der Waals surface area contributed by atoms with Gasteiger partial charge in [-0.25, -0.2) is 0 Å². The smallest absolute Gasteiger partial charge is 0.307 e. The maximum atomic E-state index is 10.6. The van der Waals surface area contributed by atoms with Crippen LogP contribution >= 0.6 is 11.3 Å². The van der Waals surface area contributed by atoms with Crippen LogP contribution in [0.2, 0.25) is 0 Å². The van der Waals surface area contributed by atoms with Gasteiger partial charge in [0.15, 0.2) is 0 Å². The molecule has 2 N–H and O–H groups in total. The van der Waals surface area contributed by atoms with Crippen LogP contribution in [-0.2, 0) is 11.2 Å². The summed E-state index contributed by atoms with van der Waals surface area (Å²) in [6.45, 7) is 0. The van der Waals surface area contributed by atoms with Crippen molar-refractivity contribution in [2.75, 3.05) is 5.32 Å². The number of carboxylic acid groups (broad SMARTS) is 1. The van der Waals surface area contributed by atoms with Crippen LogP contribution in [0.5, 0.6) is 0 Å². The molecule has 0 saturated carbocycles. The van der Waals surface area contributed by atoms with Crippen molar-refractivity contribution in [3.05, 3.63) is 54.4 Å². The molecular formula is C15H12N4O2S. The van der Waals surface area contributed by atoms with Gasteiger partial charge >= 0.3 is 5.97 Å². The molecule has 0 radical (unpaired) electrons. The van der Waals surface area contributed by atoms with Gasteiger partial charge in [0.2, 0.25) is 5.13 Å². The minimum Gasteiger partial charge on any atom is -0.481 e. The van der Waals surface area contributed by atoms with E-state index in [9.17, 15) is 4.79 Å². The molecule has 0 bridgehead atoms. The molecule has 0 aliphatic heterocycles. The van der Waals surface area contributed by atoms with Crippen molar-refractivity contribution < 1.29 is 9.90 Å². The molecule has 0 atom stereocenters. The summed E-state index contributed by atoms with van der Waals surface area (Å²) in [7, 11) is 0. The zero-order valence-electron chi connectivity index (χ0n) is 11.4. The standard InChI is InChI=1S/C15H12N4O2S/c20-13(21)9-10-1-3-12(4-2-10)17-15-19-18-14(22-15)11-5-7-16-8-6-11/h1-8H,9H2,(H,17,19)(H,20,21). The molecule has 3 aromatic rings. The first-order chi connectivity index (χ1) is 10.7. The minimum absolute atomic E-state index is 0.0191. The number of aromatic nitrogens is 3. The summed E-state index contributed by atoms with van der Waals surface area (Å²) in [5, 5.41) is 21.6. The van der Waals surface area contributed by atoms with Crippen LogP contribution in [0.1, 0.15) is 5.56 Å². The van der Waals surface area contributed by atoms with E-state index in [1.165, 1.54) is 11.3 Å². The van der Waals surface area contributed by atoms with Crippen molar-refractivity contribution in [1.29, 1.82) is 0 Å². The molecular weight excluding hydrogens is 300 g/mol. The number of anilines is 2. The van der Waals surface area contributed by atoms with Gasteiger partial charge in [0.25, 0.3) is 0 Å². The molecule has 2 heterocycles. The number of rotatable bonds is 5. The molecule has 2 aromatic heterocycles. The van der Waals surface area contributed by atoms with Gasteiger partial charge in [-0.05, 0) is 29.8 Å². The van der Waals surface area contributed by atoms with Crippen molar-refractivity contribution in [1.82, 2.24) is 15.2 Å². The fourth-order valence-electron chi connectivity index (χ4n) is 1.89. The van der Waals surface area contributed by atoms with Crippen molar-refractivity contribution >= 4 is 28.1 Å². The van der Waals surface area contributed by atoms with Crippen LogP contribution in [-0.4, -0.2) is 26.3 Å². The highest BCUT2D eigenvalue weighted by atomic mass is 32.1. The number of hydrogen-bond acceptors (Lipinski definition) is 6. The first-order valence-corrected chi connectivity index (χ1v) is 7.34. The molecule has 0 amide bonds. The molecule has 0 spiro atoms. The van der Waals surface area contributed by atoms with Gasteiger partial charge in [0.05, 0.1) is 6.42 Å². The lowest BCUT2D eigenvalue weighted by Crippen LogP contribution is -1.99. The number of benzene rings is 1. The molecule has 22 heavy (non-hydrogen) atoms. The number of pyridine rings is 1. The molecule has 0 saturated heterocycles. The van der Waals surface area contributed by atoms with Gasteiger partial charge in [-0.2, -0.15) is 0 Å². The van der Waals surface area contributed by atoms with Crippen molar-refractivity contribution in [2.24, 2.45) is 0 Å². The van der Waals surface area contributed by atoms with Gasteiger partial charge in [-0.3, -0.25) is 9.78 Å². The van der Waals surface area contributed by atoms with Crippen LogP contribution in [0.3, 0.4) is 0 Å². The van der Waals surface area contributed by atoms with Gasteiger partial charge < -0.3 is 10.4 Å². The van der Waals surface area contributed by atoms with Crippen molar-refractivity contribution in [2.45, 2.75) is 6.42 Å². The highest BCUT2D eigenvalue weighted by Gasteiger charge is 2.07. The Labute approximate surface area is 130 Å². The van der Waals surface area contributed by atoms with Crippen molar-refractivity contribution in [3.8, 4) is 10.6 Å². The van der Waals surface area contributed by atoms with Gasteiger partial charge in [0.1, 0.15) is 5.01 Å². The van der Waals surface area contributed by atoms with E-state index in [1.807, 2.05) is 24.3 Å². The zero-order valence-corrected chi connectivity index (χ0v) is 12.2. The predicted octanol–water partition coefficient (Wildman–Crippen LogP) is 2.97. The molecule has 0 unspecified atom stereocenters. The monoisotopic (exact) mass is 312 g/mol. The van der Waals surface area contributed by atoms with Gasteiger partial charge in [-0.1, -0.05) is 23.5 Å². The molecule has 0 fully saturated rings. The van der Waals surface area contributed by atoms with E-state index in [1.54, 1.807) is 24.5 Å². The topological polar surface area (TPSA) is 88.0 Å². The van der Waals surface area contributed by atoms with E-state index < -0.39 is 5.97 Å². The Morgan fingerprint density at radius 3 is 2.50 bits per heavy atom. The summed E-state index contributed by atoms with van der Waals surface area (Å²) >= 11 is 1.44. The Kier molecular flexibility index (Phi) is 4.06. The van der Waals surface area contributed by atoms with Crippen LogP contribution in [0.4, 0.5) is 10.8 Å². The van der Waals surface area contributed by atoms with Crippen LogP contribution in [0.15, 0.2) is 48.8 Å². The molecule has 6 nitrogen and oxygen atoms in total. The molecule has 7 heteroatoms. The maximum absolute atomic E-state index is 10.6. The summed E-state index contributed by atoms with van der Waals surface area (Å²) in [6, 6.07) is 11.0. The molecule has 0 aliphatic carbocycles. The quantitative estimate of drug-likeness (QED) is 0.753. The average molecular weight is 312 g/mol. The van der Waals surface area contributed by atoms with Crippen LogP contribution in [0.25, 0.3) is 10.6 Å². The molecule has 1 aromatic carbocycles. The summed E-state index contributed by atoms with van der Waals surface area (Å²) in [5.74, 6) is -0.841. The largest absolute Gasteiger partial charge is 0.481 e. The summed E-state index contributed by atoms with van der Waals surface area (Å²) in [4.78, 5) is 14.6. The second kappa shape index (κ2) is 6.31. The number of hydrogen-bond donors (Lipinski definition) is 2. The molecule has 110 valence electrons. The highest BCUT2D eigenvalue weighted by molar-refractivity contribution is 7.18. The lowest BCUT2D eigenvalue weighted by atomic mass is 10.1. The number of nitrogens with zero attached hydrogens (tertiary/aromatic N) is 3. The van der Waals surface area contributed by atoms with Gasteiger partial charge in [-0.15, -0.1) is 10.2 Å². The SMILES string of the molecule is O=C(O)Cc1ccc(Nc2nnc(-c3ccncc3)s2)cc1. The fourth-order valence-corrected chi connectivity index (χ4v) is 2.66. The lowest BCUT2D eigenvalue weighted by Gasteiger charge is -2.02. The number of carbonyl (C=O) groups is 1. The Morgan fingerprint density at radius 1 is 1.09 bits per heavy atom. The average Bonchev–Trinajstić information content (AvgIpc) is 2.98. The van der Waals surface area contributed by atoms with Crippen LogP contribution in [0, 0.1) is 0 Å². The Balaban J connectivity index is 1.71. The minimum atomic E-state index is -0.841. The predicted molar refractivity (Wildman–Crippen MR) is 84.2 cm³/mol. The highest BCUT2D eigenvalue weighted by Crippen LogP contribution is 2.27. The molecule has 3 rings (SSSR count). The third-order valence-electron chi connectivity index (χ3n) is 2.91. The van der Waals surface area contributed by atoms with Crippen molar-refractivity contribution in [3.63, 3.8) is 0 Å². The van der Waals surface area contributed by atoms with E-state index >= 15 is 0 Å². The Bertz CT molecular complexity index is 772. The van der Waals surface area contributed by atoms with E-state index in [-0.39, 0.29) is 6.42 Å². The Morgan fingerprint density at radius 2 is 1.82 bits per heavy atom. The van der Waals surface area contributed by atoms with Crippen LogP contribution < -0.4 is 5.32 Å². The second-order valence-electron chi connectivity index (χ2n) is 4.54. The third kappa shape index (κ3) is 3.44. The molecule has 0 aliphatic rings. The van der Waals surface area contributed by atoms with E-state index in [4.69, 9.17) is 5.11 Å². The second-order valence-corrected chi connectivity index (χ2v) is 5.52. The first-order valence-electron chi connectivity index (χ1n) is 6.52. The zero-order chi connectivity index (χ0) is 15.4. The fraction of sp³-hybridized carbons (Fsp3) is 0.0667. The Hall–Kier alpha value is -2.80. The van der Waals surface area contributed by atoms with E-state index in [0.29, 0.717) is 5.13 Å². The number of nitrogens with one attached hydrogen (secondary N) is 1. The summed E-state index contributed by atoms with van der Waals surface area (Å²) in [6.07, 6.45) is 3.45. The maximum Gasteiger partial charge on any atom is 0.307 e. The lowest BCUT2D eigenvalue weighted by molar-refractivity contribution is -0.136. The number of aliphatic carboxylic acids is 1. The van der Waals surface area contributed by atoms with Gasteiger partial charge in [0, 0.05) is 23.6 Å². The van der Waals surface area contributed by atoms with E-state index in [0.717, 1.165) is 21.8 Å². The summed E-state index contributed by atoms with van der Waals surface area (Å²) in [5.41, 5.74) is 2.57.